The second kappa shape index (κ2) is 3.48. The largest absolute Gasteiger partial charge is 0.485 e. The van der Waals surface area contributed by atoms with Gasteiger partial charge < -0.3 is 4.74 Å². The van der Waals surface area contributed by atoms with E-state index in [4.69, 9.17) is 12.6 Å². The molecule has 0 amide bonds. The quantitative estimate of drug-likeness (QED) is 0.639. The number of benzene rings is 2. The second-order valence-electron chi connectivity index (χ2n) is 4.68. The summed E-state index contributed by atoms with van der Waals surface area (Å²) >= 11 is 0. The van der Waals surface area contributed by atoms with Crippen molar-refractivity contribution in [3.63, 3.8) is 0 Å². The Morgan fingerprint density at radius 3 is 2.94 bits per heavy atom. The predicted molar refractivity (Wildman–Crippen MR) is 73.4 cm³/mol. The van der Waals surface area contributed by atoms with Crippen LogP contribution in [0.25, 0.3) is 10.8 Å². The molecule has 2 radical (unpaired) electrons. The highest BCUT2D eigenvalue weighted by Gasteiger charge is 2.34. The maximum absolute atomic E-state index is 5.94. The van der Waals surface area contributed by atoms with Gasteiger partial charge in [0, 0.05) is 11.8 Å². The normalized spacial score (nSPS) is 24.3. The fourth-order valence-electron chi connectivity index (χ4n) is 2.78. The molecule has 0 bridgehead atoms. The van der Waals surface area contributed by atoms with Crippen LogP contribution in [-0.4, -0.2) is 20.2 Å². The van der Waals surface area contributed by atoms with Crippen molar-refractivity contribution in [3.05, 3.63) is 53.6 Å². The van der Waals surface area contributed by atoms with Gasteiger partial charge in [-0.1, -0.05) is 30.3 Å². The summed E-state index contributed by atoms with van der Waals surface area (Å²) in [6.07, 6.45) is 3.78. The third kappa shape index (κ3) is 1.27. The van der Waals surface area contributed by atoms with Gasteiger partial charge in [0.15, 0.2) is 0 Å². The van der Waals surface area contributed by atoms with Crippen LogP contribution >= 0.6 is 0 Å². The maximum atomic E-state index is 5.94. The van der Waals surface area contributed by atoms with Gasteiger partial charge in [-0.2, -0.15) is 0 Å². The van der Waals surface area contributed by atoms with Gasteiger partial charge in [-0.05, 0) is 28.5 Å². The Hall–Kier alpha value is -2.03. The minimum Gasteiger partial charge on any atom is -0.485 e. The summed E-state index contributed by atoms with van der Waals surface area (Å²) in [4.78, 5) is 4.21. The van der Waals surface area contributed by atoms with E-state index in [-0.39, 0.29) is 12.0 Å². The number of rotatable bonds is 0. The summed E-state index contributed by atoms with van der Waals surface area (Å²) in [5, 5.41) is 2.47. The molecule has 0 N–H and O–H groups in total. The molecule has 3 heteroatoms. The van der Waals surface area contributed by atoms with Crippen LogP contribution in [0.1, 0.15) is 11.5 Å². The fraction of sp³-hybridized carbons (Fsp3) is 0.133. The summed E-state index contributed by atoms with van der Waals surface area (Å²) in [5.41, 5.74) is 1.76. The molecule has 0 fully saturated rings. The van der Waals surface area contributed by atoms with Crippen molar-refractivity contribution >= 4 is 24.8 Å². The van der Waals surface area contributed by atoms with Gasteiger partial charge in [0.25, 0.3) is 0 Å². The highest BCUT2D eigenvalue weighted by Crippen LogP contribution is 2.43. The highest BCUT2D eigenvalue weighted by atomic mass is 16.5. The van der Waals surface area contributed by atoms with E-state index in [9.17, 15) is 0 Å². The topological polar surface area (TPSA) is 21.6 Å². The first-order valence-corrected chi connectivity index (χ1v) is 6.03. The standard InChI is InChI=1S/C15H10BNO/c16-14-7-13-11(8-17-14)15-10-4-2-1-3-9(10)5-6-12(15)18-13/h1-8,11,13H. The van der Waals surface area contributed by atoms with Crippen LogP contribution in [-0.2, 0) is 0 Å². The Balaban J connectivity index is 1.98. The molecule has 2 aromatic carbocycles. The lowest BCUT2D eigenvalue weighted by Crippen LogP contribution is -2.20. The van der Waals surface area contributed by atoms with Crippen molar-refractivity contribution in [1.82, 2.24) is 0 Å². The molecule has 84 valence electrons. The van der Waals surface area contributed by atoms with E-state index in [1.54, 1.807) is 0 Å². The molecular formula is C15H10BNO. The van der Waals surface area contributed by atoms with Crippen molar-refractivity contribution in [2.24, 2.45) is 4.99 Å². The first kappa shape index (κ1) is 9.95. The molecule has 0 aliphatic carbocycles. The molecule has 0 saturated carbocycles. The molecule has 2 unspecified atom stereocenters. The number of fused-ring (bicyclic) bond motifs is 5. The van der Waals surface area contributed by atoms with E-state index in [0.29, 0.717) is 5.60 Å². The van der Waals surface area contributed by atoms with E-state index < -0.39 is 0 Å². The number of ether oxygens (including phenoxy) is 1. The zero-order valence-corrected chi connectivity index (χ0v) is 9.71. The van der Waals surface area contributed by atoms with Gasteiger partial charge in [-0.15, -0.1) is 0 Å². The summed E-state index contributed by atoms with van der Waals surface area (Å²) in [5.74, 6) is 1.12. The lowest BCUT2D eigenvalue weighted by atomic mass is 9.88. The molecule has 2 atom stereocenters. The van der Waals surface area contributed by atoms with Gasteiger partial charge in [-0.3, -0.25) is 4.99 Å². The zero-order valence-electron chi connectivity index (χ0n) is 9.71. The first-order valence-electron chi connectivity index (χ1n) is 6.03. The average molecular weight is 231 g/mol. The van der Waals surface area contributed by atoms with Crippen LogP contribution in [0.5, 0.6) is 5.75 Å². The number of nitrogens with zero attached hydrogens (tertiary/aromatic N) is 1. The van der Waals surface area contributed by atoms with Crippen LogP contribution in [0.2, 0.25) is 0 Å². The predicted octanol–water partition coefficient (Wildman–Crippen LogP) is 2.78. The Morgan fingerprint density at radius 2 is 2.00 bits per heavy atom. The smallest absolute Gasteiger partial charge is 0.141 e. The molecule has 0 saturated heterocycles. The summed E-state index contributed by atoms with van der Waals surface area (Å²) in [6, 6.07) is 12.5. The van der Waals surface area contributed by atoms with Crippen LogP contribution in [0.4, 0.5) is 0 Å². The minimum absolute atomic E-state index is 0.0108. The number of aliphatic imine (C=N–C) groups is 1. The van der Waals surface area contributed by atoms with Crippen molar-refractivity contribution in [3.8, 4) is 5.75 Å². The Kier molecular flexibility index (Phi) is 1.93. The van der Waals surface area contributed by atoms with Gasteiger partial charge in [-0.25, -0.2) is 0 Å². The summed E-state index contributed by atoms with van der Waals surface area (Å²) < 4.78 is 5.94. The highest BCUT2D eigenvalue weighted by molar-refractivity contribution is 6.22. The van der Waals surface area contributed by atoms with Gasteiger partial charge >= 0.3 is 0 Å². The van der Waals surface area contributed by atoms with E-state index in [1.807, 2.05) is 18.4 Å². The van der Waals surface area contributed by atoms with E-state index in [2.05, 4.69) is 35.3 Å². The molecule has 4 rings (SSSR count). The number of hydrogen-bond acceptors (Lipinski definition) is 2. The molecule has 0 spiro atoms. The molecule has 2 aromatic rings. The summed E-state index contributed by atoms with van der Waals surface area (Å²) in [6.45, 7) is 0. The van der Waals surface area contributed by atoms with E-state index in [0.717, 1.165) is 5.75 Å². The Morgan fingerprint density at radius 1 is 1.11 bits per heavy atom. The van der Waals surface area contributed by atoms with Crippen LogP contribution < -0.4 is 4.74 Å². The molecular weight excluding hydrogens is 221 g/mol. The van der Waals surface area contributed by atoms with Crippen molar-refractivity contribution in [1.29, 1.82) is 0 Å². The first-order chi connectivity index (χ1) is 8.83. The van der Waals surface area contributed by atoms with Gasteiger partial charge in [0.1, 0.15) is 19.7 Å². The molecule has 2 aliphatic rings. The molecule has 0 aromatic heterocycles. The Bertz CT molecular complexity index is 705. The second-order valence-corrected chi connectivity index (χ2v) is 4.68. The monoisotopic (exact) mass is 231 g/mol. The van der Waals surface area contributed by atoms with Gasteiger partial charge in [0.05, 0.1) is 5.92 Å². The third-order valence-electron chi connectivity index (χ3n) is 3.60. The van der Waals surface area contributed by atoms with Crippen LogP contribution in [0.3, 0.4) is 0 Å². The molecule has 2 heterocycles. The summed E-state index contributed by atoms with van der Waals surface area (Å²) in [7, 11) is 5.72. The van der Waals surface area contributed by atoms with Crippen molar-refractivity contribution < 1.29 is 4.74 Å². The van der Waals surface area contributed by atoms with Crippen LogP contribution in [0, 0.1) is 0 Å². The van der Waals surface area contributed by atoms with E-state index >= 15 is 0 Å². The lowest BCUT2D eigenvalue weighted by Gasteiger charge is -2.16. The van der Waals surface area contributed by atoms with Crippen molar-refractivity contribution in [2.45, 2.75) is 12.0 Å². The van der Waals surface area contributed by atoms with Gasteiger partial charge in [0.2, 0.25) is 0 Å². The van der Waals surface area contributed by atoms with Crippen LogP contribution in [0.15, 0.2) is 53.1 Å². The average Bonchev–Trinajstić information content (AvgIpc) is 2.76. The molecule has 2 aliphatic heterocycles. The molecule has 2 nitrogen and oxygen atoms in total. The van der Waals surface area contributed by atoms with E-state index in [1.165, 1.54) is 16.3 Å². The SMILES string of the molecule is [B]C1=CC2Oc3ccc4ccccc4c3C2C=N1. The molecule has 18 heavy (non-hydrogen) atoms. The fourth-order valence-corrected chi connectivity index (χ4v) is 2.78. The van der Waals surface area contributed by atoms with Crippen molar-refractivity contribution in [2.75, 3.05) is 0 Å². The minimum atomic E-state index is -0.0108. The lowest BCUT2D eigenvalue weighted by molar-refractivity contribution is 0.274. The zero-order chi connectivity index (χ0) is 12.1. The Labute approximate surface area is 106 Å². The maximum Gasteiger partial charge on any atom is 0.141 e. The third-order valence-corrected chi connectivity index (χ3v) is 3.60. The number of hydrogen-bond donors (Lipinski definition) is 0.